The Kier molecular flexibility index (Phi) is 8.18. The topological polar surface area (TPSA) is 164 Å². The van der Waals surface area contributed by atoms with Crippen LogP contribution in [0.15, 0.2) is 117 Å². The number of hydrogen-bond acceptors (Lipinski definition) is 11. The second-order valence-electron chi connectivity index (χ2n) is 8.57. The summed E-state index contributed by atoms with van der Waals surface area (Å²) in [5.41, 5.74) is 0. The van der Waals surface area contributed by atoms with Crippen LogP contribution in [0.4, 0.5) is 0 Å². The minimum absolute atomic E-state index is 0.0221. The molecule has 15 heteroatoms. The van der Waals surface area contributed by atoms with E-state index in [1.165, 1.54) is 97.1 Å². The number of ether oxygens (including phenoxy) is 1. The lowest BCUT2D eigenvalue weighted by molar-refractivity contribution is 0.481. The lowest BCUT2D eigenvalue weighted by Crippen LogP contribution is -2.06. The van der Waals surface area contributed by atoms with Crippen LogP contribution in [0, 0.1) is 0 Å². The first-order valence-electron chi connectivity index (χ1n) is 11.4. The van der Waals surface area contributed by atoms with Gasteiger partial charge in [-0.15, -0.1) is 0 Å². The van der Waals surface area contributed by atoms with Gasteiger partial charge in [-0.1, -0.05) is 0 Å². The number of sulfone groups is 2. The summed E-state index contributed by atoms with van der Waals surface area (Å²) in [7, 11) is -15.3. The predicted octanol–water partition coefficient (Wildman–Crippen LogP) is 3.82. The van der Waals surface area contributed by atoms with Gasteiger partial charge in [-0.2, -0.15) is 16.8 Å². The molecule has 0 radical (unpaired) electrons. The third-order valence-corrected chi connectivity index (χ3v) is 9.83. The summed E-state index contributed by atoms with van der Waals surface area (Å²) in [6.45, 7) is 0. The molecule has 0 fully saturated rings. The number of hydrogen-bond donors (Lipinski definition) is 0. The first-order valence-corrected chi connectivity index (χ1v) is 18.0. The van der Waals surface area contributed by atoms with Gasteiger partial charge in [-0.3, -0.25) is 0 Å². The second kappa shape index (κ2) is 11.2. The van der Waals surface area contributed by atoms with Crippen LogP contribution in [0.1, 0.15) is 0 Å². The first kappa shape index (κ1) is 30.0. The molecule has 41 heavy (non-hydrogen) atoms. The van der Waals surface area contributed by atoms with E-state index in [1.54, 1.807) is 0 Å². The van der Waals surface area contributed by atoms with Crippen molar-refractivity contribution in [3.8, 4) is 23.0 Å². The van der Waals surface area contributed by atoms with E-state index in [-0.39, 0.29) is 42.6 Å². The van der Waals surface area contributed by atoms with Gasteiger partial charge in [-0.05, 0) is 97.1 Å². The van der Waals surface area contributed by atoms with Crippen molar-refractivity contribution < 1.29 is 46.8 Å². The number of rotatable bonds is 10. The molecule has 0 N–H and O–H groups in total. The molecule has 0 saturated carbocycles. The van der Waals surface area contributed by atoms with Gasteiger partial charge in [0.1, 0.15) is 23.0 Å². The van der Waals surface area contributed by atoms with E-state index in [1.807, 2.05) is 0 Å². The lowest BCUT2D eigenvalue weighted by atomic mass is 10.3. The van der Waals surface area contributed by atoms with Crippen molar-refractivity contribution >= 4 is 39.9 Å². The Hall–Kier alpha value is -3.92. The average molecular weight is 639 g/mol. The molecule has 0 aliphatic rings. The van der Waals surface area contributed by atoms with Crippen molar-refractivity contribution in [1.82, 2.24) is 0 Å². The standard InChI is InChI=1S/C26H22O11S4/c1-38(27,28)36-21-7-15-25(16-8-21)40(31,32)23-11-3-19(4-12-23)35-20-5-13-24(14-6-20)41(33,34)26-17-9-22(10-18-26)37-39(2,29)30/h3-18H,1-2H3. The highest BCUT2D eigenvalue weighted by Crippen LogP contribution is 2.29. The van der Waals surface area contributed by atoms with Crippen LogP contribution >= 0.6 is 0 Å². The van der Waals surface area contributed by atoms with Gasteiger partial charge in [0, 0.05) is 0 Å². The zero-order chi connectivity index (χ0) is 30.1. The summed E-state index contributed by atoms with van der Waals surface area (Å²) in [4.78, 5) is -0.199. The summed E-state index contributed by atoms with van der Waals surface area (Å²) in [6.07, 6.45) is 1.75. The van der Waals surface area contributed by atoms with Crippen LogP contribution in [0.2, 0.25) is 0 Å². The smallest absolute Gasteiger partial charge is 0.306 e. The maximum atomic E-state index is 12.9. The van der Waals surface area contributed by atoms with E-state index >= 15 is 0 Å². The Morgan fingerprint density at radius 1 is 0.366 bits per heavy atom. The van der Waals surface area contributed by atoms with Crippen molar-refractivity contribution in [2.75, 3.05) is 12.5 Å². The molecule has 4 aromatic rings. The van der Waals surface area contributed by atoms with Gasteiger partial charge in [-0.25, -0.2) is 16.8 Å². The highest BCUT2D eigenvalue weighted by Gasteiger charge is 2.20. The normalized spacial score (nSPS) is 12.4. The van der Waals surface area contributed by atoms with Crippen LogP contribution in [-0.2, 0) is 39.9 Å². The minimum atomic E-state index is -3.91. The fraction of sp³-hybridized carbons (Fsp3) is 0.0769. The van der Waals surface area contributed by atoms with Gasteiger partial charge < -0.3 is 13.1 Å². The molecule has 0 unspecified atom stereocenters. The van der Waals surface area contributed by atoms with E-state index < -0.39 is 39.9 Å². The Morgan fingerprint density at radius 3 is 0.805 bits per heavy atom. The van der Waals surface area contributed by atoms with E-state index in [4.69, 9.17) is 13.1 Å². The SMILES string of the molecule is CS(=O)(=O)Oc1ccc(S(=O)(=O)c2ccc(Oc3ccc(S(=O)(=O)c4ccc(OS(C)(=O)=O)cc4)cc3)cc2)cc1. The maximum Gasteiger partial charge on any atom is 0.306 e. The minimum Gasteiger partial charge on any atom is -0.457 e. The zero-order valence-electron chi connectivity index (χ0n) is 21.4. The van der Waals surface area contributed by atoms with E-state index in [0.29, 0.717) is 0 Å². The Bertz CT molecular complexity index is 1830. The Balaban J connectivity index is 1.45. The molecule has 0 aliphatic carbocycles. The number of benzene rings is 4. The van der Waals surface area contributed by atoms with Gasteiger partial charge in [0.05, 0.1) is 32.1 Å². The fourth-order valence-corrected chi connectivity index (χ4v) is 6.92. The summed E-state index contributed by atoms with van der Waals surface area (Å²) < 4.78 is 112. The third kappa shape index (κ3) is 7.64. The molecule has 0 saturated heterocycles. The van der Waals surface area contributed by atoms with Crippen LogP contribution in [0.25, 0.3) is 0 Å². The van der Waals surface area contributed by atoms with Gasteiger partial charge in [0.25, 0.3) is 0 Å². The molecule has 0 aromatic heterocycles. The van der Waals surface area contributed by atoms with Crippen LogP contribution in [0.3, 0.4) is 0 Å². The average Bonchev–Trinajstić information content (AvgIpc) is 2.88. The van der Waals surface area contributed by atoms with Crippen molar-refractivity contribution in [1.29, 1.82) is 0 Å². The Morgan fingerprint density at radius 2 is 0.585 bits per heavy atom. The lowest BCUT2D eigenvalue weighted by Gasteiger charge is -2.10. The Labute approximate surface area is 238 Å². The molecular weight excluding hydrogens is 617 g/mol. The van der Waals surface area contributed by atoms with Crippen molar-refractivity contribution in [3.63, 3.8) is 0 Å². The van der Waals surface area contributed by atoms with E-state index in [9.17, 15) is 33.7 Å². The molecule has 0 amide bonds. The summed E-state index contributed by atoms with van der Waals surface area (Å²) in [5.74, 6) is 0.535. The predicted molar refractivity (Wildman–Crippen MR) is 148 cm³/mol. The quantitative estimate of drug-likeness (QED) is 0.232. The summed E-state index contributed by atoms with van der Waals surface area (Å²) >= 11 is 0. The molecule has 4 rings (SSSR count). The van der Waals surface area contributed by atoms with Gasteiger partial charge in [0.15, 0.2) is 0 Å². The fourth-order valence-electron chi connectivity index (χ4n) is 3.48. The molecule has 0 heterocycles. The van der Waals surface area contributed by atoms with Gasteiger partial charge in [0.2, 0.25) is 19.7 Å². The van der Waals surface area contributed by atoms with E-state index in [0.717, 1.165) is 12.5 Å². The van der Waals surface area contributed by atoms with Crippen molar-refractivity contribution in [2.24, 2.45) is 0 Å². The highest BCUT2D eigenvalue weighted by molar-refractivity contribution is 7.91. The largest absolute Gasteiger partial charge is 0.457 e. The monoisotopic (exact) mass is 638 g/mol. The van der Waals surface area contributed by atoms with Crippen molar-refractivity contribution in [3.05, 3.63) is 97.1 Å². The highest BCUT2D eigenvalue weighted by atomic mass is 32.2. The molecule has 216 valence electrons. The van der Waals surface area contributed by atoms with Crippen LogP contribution in [-0.4, -0.2) is 46.2 Å². The first-order chi connectivity index (χ1) is 19.0. The molecule has 4 aromatic carbocycles. The van der Waals surface area contributed by atoms with Crippen LogP contribution < -0.4 is 13.1 Å². The maximum absolute atomic E-state index is 12.9. The van der Waals surface area contributed by atoms with Gasteiger partial charge >= 0.3 is 20.2 Å². The summed E-state index contributed by atoms with van der Waals surface area (Å²) in [5, 5.41) is 0. The van der Waals surface area contributed by atoms with E-state index in [2.05, 4.69) is 0 Å². The second-order valence-corrected chi connectivity index (χ2v) is 15.6. The molecule has 0 bridgehead atoms. The molecule has 0 spiro atoms. The zero-order valence-corrected chi connectivity index (χ0v) is 24.6. The molecule has 0 atom stereocenters. The molecular formula is C26H22O11S4. The molecule has 11 nitrogen and oxygen atoms in total. The third-order valence-electron chi connectivity index (χ3n) is 5.27. The molecule has 0 aliphatic heterocycles. The summed E-state index contributed by atoms with van der Waals surface area (Å²) in [6, 6.07) is 20.9. The van der Waals surface area contributed by atoms with Crippen LogP contribution in [0.5, 0.6) is 23.0 Å². The van der Waals surface area contributed by atoms with Crippen molar-refractivity contribution in [2.45, 2.75) is 19.6 Å².